The monoisotopic (exact) mass is 448 g/mol. The Labute approximate surface area is 168 Å². The summed E-state index contributed by atoms with van der Waals surface area (Å²) in [6.45, 7) is 2.71. The summed E-state index contributed by atoms with van der Waals surface area (Å²) in [4.78, 5) is 3.30. The minimum atomic E-state index is -3.55. The van der Waals surface area contributed by atoms with Gasteiger partial charge in [-0.1, -0.05) is 29.8 Å². The van der Waals surface area contributed by atoms with Crippen LogP contribution in [0.1, 0.15) is 11.3 Å². The molecule has 148 valence electrons. The summed E-state index contributed by atoms with van der Waals surface area (Å²) in [5.41, 5.74) is 0. The first-order chi connectivity index (χ1) is 12.8. The van der Waals surface area contributed by atoms with E-state index in [1.165, 1.54) is 4.31 Å². The number of hydrogen-bond donors (Lipinski definition) is 0. The smallest absolute Gasteiger partial charge is 0.218 e. The predicted octanol–water partition coefficient (Wildman–Crippen LogP) is 2.19. The minimum absolute atomic E-state index is 0.0265. The molecule has 0 spiro atoms. The number of fused-ring (bicyclic) bond motifs is 1. The molecule has 0 bridgehead atoms. The predicted molar refractivity (Wildman–Crippen MR) is 110 cm³/mol. The standard InChI is InChI=1S/C17H21ClN2O4S3/c18-17-14-3-1-2-4-15(14)25-16(17)11-19-6-8-20(9-7-19)27(23,24)13-5-10-26(21,22)12-13/h1-4,13H,5-12H2. The Hall–Kier alpha value is -0.710. The third-order valence-electron chi connectivity index (χ3n) is 5.27. The van der Waals surface area contributed by atoms with Crippen molar-refractivity contribution >= 4 is 52.9 Å². The van der Waals surface area contributed by atoms with Gasteiger partial charge in [0.2, 0.25) is 10.0 Å². The number of benzene rings is 1. The second-order valence-electron chi connectivity index (χ2n) is 7.08. The van der Waals surface area contributed by atoms with E-state index in [1.807, 2.05) is 18.2 Å². The van der Waals surface area contributed by atoms with Crippen molar-refractivity contribution in [2.45, 2.75) is 18.2 Å². The molecule has 3 heterocycles. The van der Waals surface area contributed by atoms with Crippen LogP contribution in [0.15, 0.2) is 24.3 Å². The number of sulfonamides is 1. The number of hydrogen-bond acceptors (Lipinski definition) is 6. The van der Waals surface area contributed by atoms with Crippen molar-refractivity contribution in [2.75, 3.05) is 37.7 Å². The Morgan fingerprint density at radius 2 is 1.85 bits per heavy atom. The van der Waals surface area contributed by atoms with Crippen LogP contribution in [0.5, 0.6) is 0 Å². The van der Waals surface area contributed by atoms with Gasteiger partial charge in [-0.25, -0.2) is 16.8 Å². The van der Waals surface area contributed by atoms with Gasteiger partial charge in [-0.2, -0.15) is 4.31 Å². The fraction of sp³-hybridized carbons (Fsp3) is 0.529. The summed E-state index contributed by atoms with van der Waals surface area (Å²) >= 11 is 8.18. The summed E-state index contributed by atoms with van der Waals surface area (Å²) in [5.74, 6) is -0.270. The molecule has 2 aliphatic heterocycles. The lowest BCUT2D eigenvalue weighted by Gasteiger charge is -2.35. The average molecular weight is 449 g/mol. The van der Waals surface area contributed by atoms with Crippen LogP contribution in [0, 0.1) is 0 Å². The molecule has 1 aromatic heterocycles. The maximum atomic E-state index is 12.7. The highest BCUT2D eigenvalue weighted by Crippen LogP contribution is 2.36. The lowest BCUT2D eigenvalue weighted by Crippen LogP contribution is -2.50. The summed E-state index contributed by atoms with van der Waals surface area (Å²) in [7, 11) is -6.77. The number of nitrogens with zero attached hydrogens (tertiary/aromatic N) is 2. The number of sulfone groups is 1. The number of piperazine rings is 1. The van der Waals surface area contributed by atoms with Crippen LogP contribution in [0.25, 0.3) is 10.1 Å². The molecule has 27 heavy (non-hydrogen) atoms. The molecule has 0 aliphatic carbocycles. The fourth-order valence-corrected chi connectivity index (χ4v) is 9.77. The molecule has 0 N–H and O–H groups in total. The van der Waals surface area contributed by atoms with E-state index in [2.05, 4.69) is 11.0 Å². The van der Waals surface area contributed by atoms with Gasteiger partial charge in [-0.3, -0.25) is 4.90 Å². The molecule has 6 nitrogen and oxygen atoms in total. The van der Waals surface area contributed by atoms with Gasteiger partial charge in [0.15, 0.2) is 9.84 Å². The number of rotatable bonds is 4. The van der Waals surface area contributed by atoms with E-state index in [0.717, 1.165) is 20.0 Å². The Morgan fingerprint density at radius 1 is 1.15 bits per heavy atom. The van der Waals surface area contributed by atoms with E-state index in [0.29, 0.717) is 32.7 Å². The van der Waals surface area contributed by atoms with E-state index in [-0.39, 0.29) is 17.9 Å². The van der Waals surface area contributed by atoms with E-state index in [4.69, 9.17) is 11.6 Å². The first-order valence-electron chi connectivity index (χ1n) is 8.84. The Balaban J connectivity index is 1.41. The molecule has 2 fully saturated rings. The van der Waals surface area contributed by atoms with Crippen molar-refractivity contribution in [1.29, 1.82) is 0 Å². The van der Waals surface area contributed by atoms with Crippen molar-refractivity contribution in [1.82, 2.24) is 9.21 Å². The van der Waals surface area contributed by atoms with E-state index >= 15 is 0 Å². The summed E-state index contributed by atoms with van der Waals surface area (Å²) < 4.78 is 51.3. The van der Waals surface area contributed by atoms with Crippen LogP contribution in [0.4, 0.5) is 0 Å². The van der Waals surface area contributed by atoms with Gasteiger partial charge in [0.1, 0.15) is 0 Å². The summed E-state index contributed by atoms with van der Waals surface area (Å²) in [6.07, 6.45) is 0.211. The maximum Gasteiger partial charge on any atom is 0.218 e. The van der Waals surface area contributed by atoms with Crippen LogP contribution < -0.4 is 0 Å². The summed E-state index contributed by atoms with van der Waals surface area (Å²) in [6, 6.07) is 8.02. The normalized spacial score (nSPS) is 24.6. The molecular weight excluding hydrogens is 428 g/mol. The van der Waals surface area contributed by atoms with Gasteiger partial charge in [0.25, 0.3) is 0 Å². The van der Waals surface area contributed by atoms with Gasteiger partial charge in [-0.15, -0.1) is 11.3 Å². The van der Waals surface area contributed by atoms with Crippen LogP contribution in [0.3, 0.4) is 0 Å². The van der Waals surface area contributed by atoms with E-state index in [9.17, 15) is 16.8 Å². The largest absolute Gasteiger partial charge is 0.296 e. The van der Waals surface area contributed by atoms with Gasteiger partial charge in [0.05, 0.1) is 21.8 Å². The molecule has 2 saturated heterocycles. The molecule has 4 rings (SSSR count). The van der Waals surface area contributed by atoms with Crippen molar-refractivity contribution in [3.63, 3.8) is 0 Å². The van der Waals surface area contributed by atoms with E-state index in [1.54, 1.807) is 11.3 Å². The third-order valence-corrected chi connectivity index (χ3v) is 11.3. The Kier molecular flexibility index (Phi) is 5.28. The lowest BCUT2D eigenvalue weighted by molar-refractivity contribution is 0.182. The second kappa shape index (κ2) is 7.27. The lowest BCUT2D eigenvalue weighted by atomic mass is 10.2. The quantitative estimate of drug-likeness (QED) is 0.716. The molecule has 0 radical (unpaired) electrons. The first-order valence-corrected chi connectivity index (χ1v) is 13.4. The average Bonchev–Trinajstić information content (AvgIpc) is 3.16. The molecule has 1 aromatic carbocycles. The fourth-order valence-electron chi connectivity index (χ4n) is 3.72. The molecule has 0 amide bonds. The van der Waals surface area contributed by atoms with Crippen molar-refractivity contribution in [2.24, 2.45) is 0 Å². The minimum Gasteiger partial charge on any atom is -0.296 e. The zero-order valence-corrected chi connectivity index (χ0v) is 17.9. The third kappa shape index (κ3) is 3.90. The Morgan fingerprint density at radius 3 is 2.48 bits per heavy atom. The van der Waals surface area contributed by atoms with Crippen LogP contribution in [-0.2, 0) is 26.4 Å². The molecule has 2 aliphatic rings. The maximum absolute atomic E-state index is 12.7. The van der Waals surface area contributed by atoms with Crippen molar-refractivity contribution in [3.05, 3.63) is 34.2 Å². The number of halogens is 1. The highest BCUT2D eigenvalue weighted by Gasteiger charge is 2.41. The topological polar surface area (TPSA) is 74.8 Å². The van der Waals surface area contributed by atoms with Gasteiger partial charge in [0, 0.05) is 47.7 Å². The van der Waals surface area contributed by atoms with Gasteiger partial charge in [-0.05, 0) is 12.5 Å². The van der Waals surface area contributed by atoms with Crippen LogP contribution in [0.2, 0.25) is 5.02 Å². The second-order valence-corrected chi connectivity index (χ2v) is 13.0. The molecule has 10 heteroatoms. The van der Waals surface area contributed by atoms with Crippen LogP contribution >= 0.6 is 22.9 Å². The van der Waals surface area contributed by atoms with Crippen molar-refractivity contribution in [3.8, 4) is 0 Å². The van der Waals surface area contributed by atoms with Crippen LogP contribution in [-0.4, -0.2) is 69.0 Å². The number of thiophene rings is 1. The Bertz CT molecular complexity index is 1060. The summed E-state index contributed by atoms with van der Waals surface area (Å²) in [5, 5.41) is 1.05. The molecular formula is C17H21ClN2O4S3. The highest BCUT2D eigenvalue weighted by atomic mass is 35.5. The van der Waals surface area contributed by atoms with Gasteiger partial charge >= 0.3 is 0 Å². The van der Waals surface area contributed by atoms with E-state index < -0.39 is 25.1 Å². The molecule has 0 saturated carbocycles. The zero-order valence-electron chi connectivity index (χ0n) is 14.7. The van der Waals surface area contributed by atoms with Crippen molar-refractivity contribution < 1.29 is 16.8 Å². The first kappa shape index (κ1) is 19.6. The molecule has 2 aromatic rings. The molecule has 1 unspecified atom stereocenters. The SMILES string of the molecule is O=S1(=O)CCC(S(=O)(=O)N2CCN(Cc3sc4ccccc4c3Cl)CC2)C1. The van der Waals surface area contributed by atoms with Gasteiger partial charge < -0.3 is 0 Å². The molecule has 1 atom stereocenters. The highest BCUT2D eigenvalue weighted by molar-refractivity contribution is 7.95. The zero-order chi connectivity index (χ0) is 19.2.